The van der Waals surface area contributed by atoms with Crippen LogP contribution in [0.4, 0.5) is 0 Å². The summed E-state index contributed by atoms with van der Waals surface area (Å²) in [5, 5.41) is 0. The summed E-state index contributed by atoms with van der Waals surface area (Å²) < 4.78 is 38.5. The van der Waals surface area contributed by atoms with E-state index in [0.29, 0.717) is 5.56 Å². The van der Waals surface area contributed by atoms with Gasteiger partial charge in [-0.05, 0) is 26.0 Å². The molecule has 2 aromatic rings. The Bertz CT molecular complexity index is 884. The van der Waals surface area contributed by atoms with E-state index in [2.05, 4.69) is 0 Å². The third kappa shape index (κ3) is 7.72. The normalized spacial score (nSPS) is 11.6. The Labute approximate surface area is 160 Å². The molecule has 2 rings (SSSR count). The molecule has 27 heavy (non-hydrogen) atoms. The van der Waals surface area contributed by atoms with E-state index < -0.39 is 16.2 Å². The fraction of sp³-hybridized carbons (Fsp3) is 0.300. The van der Waals surface area contributed by atoms with Crippen molar-refractivity contribution in [3.63, 3.8) is 0 Å². The molecule has 0 heterocycles. The van der Waals surface area contributed by atoms with Gasteiger partial charge < -0.3 is 9.29 Å². The van der Waals surface area contributed by atoms with Crippen LogP contribution in [0.3, 0.4) is 0 Å². The maximum Gasteiger partial charge on any atom is 0.333 e. The van der Waals surface area contributed by atoms with Gasteiger partial charge in [0.05, 0.1) is 11.8 Å². The molecule has 0 aliphatic rings. The van der Waals surface area contributed by atoms with Gasteiger partial charge in [-0.2, -0.15) is 0 Å². The van der Waals surface area contributed by atoms with Crippen molar-refractivity contribution in [2.45, 2.75) is 31.8 Å². The number of hydrogen-bond donors (Lipinski definition) is 0. The molecule has 0 radical (unpaired) electrons. The zero-order valence-corrected chi connectivity index (χ0v) is 17.0. The van der Waals surface area contributed by atoms with Crippen LogP contribution in [-0.4, -0.2) is 49.4 Å². The Morgan fingerprint density at radius 2 is 1.56 bits per heavy atom. The van der Waals surface area contributed by atoms with Crippen molar-refractivity contribution in [2.24, 2.45) is 0 Å². The molecule has 0 amide bonds. The minimum atomic E-state index is -4.27. The van der Waals surface area contributed by atoms with E-state index in [1.165, 1.54) is 12.1 Å². The number of ketones is 1. The minimum absolute atomic E-state index is 0.00167. The maximum absolute atomic E-state index is 11.9. The van der Waals surface area contributed by atoms with E-state index in [1.807, 2.05) is 50.7 Å². The van der Waals surface area contributed by atoms with E-state index in [4.69, 9.17) is 4.74 Å². The number of carbonyl (C=O) groups is 1. The molecule has 0 fully saturated rings. The molecule has 0 aliphatic heterocycles. The second-order valence-electron chi connectivity index (χ2n) is 6.17. The van der Waals surface area contributed by atoms with E-state index >= 15 is 0 Å². The molecular weight excluding hydrogens is 366 g/mol. The number of carbonyl (C=O) groups excluding carboxylic acids is 1. The second-order valence-corrected chi connectivity index (χ2v) is 7.55. The number of aryl methyl sites for hydroxylation is 1. The third-order valence-corrected chi connectivity index (χ3v) is 4.56. The Kier molecular flexibility index (Phi) is 8.33. The predicted octanol–water partition coefficient (Wildman–Crippen LogP) is 2.86. The van der Waals surface area contributed by atoms with Crippen molar-refractivity contribution in [2.75, 3.05) is 14.1 Å². The molecule has 0 aliphatic carbocycles. The zero-order valence-electron chi connectivity index (χ0n) is 16.2. The number of ether oxygens (including phenoxy) is 1. The van der Waals surface area contributed by atoms with Crippen LogP contribution in [0.1, 0.15) is 29.8 Å². The van der Waals surface area contributed by atoms with Crippen LogP contribution in [-0.2, 0) is 14.9 Å². The largest absolute Gasteiger partial charge is 0.744 e. The maximum atomic E-state index is 11.9. The monoisotopic (exact) mass is 391 g/mol. The molecule has 6 nitrogen and oxygen atoms in total. The highest BCUT2D eigenvalue weighted by atomic mass is 32.2. The summed E-state index contributed by atoms with van der Waals surface area (Å²) in [7, 11) is -0.502. The lowest BCUT2D eigenvalue weighted by molar-refractivity contribution is -0.475. The van der Waals surface area contributed by atoms with Gasteiger partial charge in [0.25, 0.3) is 0 Å². The lowest BCUT2D eigenvalue weighted by atomic mass is 10.1. The van der Waals surface area contributed by atoms with Crippen molar-refractivity contribution in [1.29, 1.82) is 0 Å². The van der Waals surface area contributed by atoms with E-state index in [1.54, 1.807) is 31.2 Å². The molecule has 7 heteroatoms. The van der Waals surface area contributed by atoms with Gasteiger partial charge in [-0.15, -0.1) is 0 Å². The van der Waals surface area contributed by atoms with Crippen molar-refractivity contribution in [3.05, 3.63) is 65.7 Å². The number of Topliss-reactive ketones (excluding diaryl/α,β-unsaturated/α-hetero) is 1. The quantitative estimate of drug-likeness (QED) is 0.263. The lowest BCUT2D eigenvalue weighted by Gasteiger charge is -2.11. The van der Waals surface area contributed by atoms with E-state index in [-0.39, 0.29) is 10.7 Å². The summed E-state index contributed by atoms with van der Waals surface area (Å²) in [5.41, 5.74) is 1.61. The van der Waals surface area contributed by atoms with Crippen molar-refractivity contribution in [1.82, 2.24) is 0 Å². The summed E-state index contributed by atoms with van der Waals surface area (Å²) in [5.74, 6) is 0.735. The molecular formula is C20H25NO5S. The first-order valence-corrected chi connectivity index (χ1v) is 9.72. The Morgan fingerprint density at radius 3 is 2.00 bits per heavy atom. The first-order chi connectivity index (χ1) is 12.5. The fourth-order valence-electron chi connectivity index (χ4n) is 1.96. The molecule has 0 saturated carbocycles. The number of rotatable bonds is 4. The van der Waals surface area contributed by atoms with Gasteiger partial charge in [-0.3, -0.25) is 4.79 Å². The standard InChI is InChI=1S/C13H18NO2.C7H8O3S/c1-10(16-11(2)14(3)4)13(15)12-8-6-5-7-9-12;1-6-2-4-7(5-3-6)11(8,9)10/h5-10H,1-4H3;2-5H,1H3,(H,8,9,10)/q+1;/p-1. The van der Waals surface area contributed by atoms with Crippen LogP contribution in [0.15, 0.2) is 59.5 Å². The van der Waals surface area contributed by atoms with Gasteiger partial charge in [-0.1, -0.05) is 48.0 Å². The summed E-state index contributed by atoms with van der Waals surface area (Å²) in [6, 6.07) is 15.0. The average Bonchev–Trinajstić information content (AvgIpc) is 2.61. The Hall–Kier alpha value is -2.51. The van der Waals surface area contributed by atoms with Crippen LogP contribution in [0.2, 0.25) is 0 Å². The van der Waals surface area contributed by atoms with Crippen LogP contribution >= 0.6 is 0 Å². The van der Waals surface area contributed by atoms with Gasteiger partial charge in [0.2, 0.25) is 5.78 Å². The van der Waals surface area contributed by atoms with Crippen LogP contribution in [0.5, 0.6) is 0 Å². The highest BCUT2D eigenvalue weighted by molar-refractivity contribution is 7.85. The van der Waals surface area contributed by atoms with E-state index in [0.717, 1.165) is 11.5 Å². The summed E-state index contributed by atoms with van der Waals surface area (Å²) in [4.78, 5) is 11.8. The van der Waals surface area contributed by atoms with E-state index in [9.17, 15) is 17.8 Å². The smallest absolute Gasteiger partial charge is 0.333 e. The molecule has 0 bridgehead atoms. The lowest BCUT2D eigenvalue weighted by Crippen LogP contribution is -2.26. The highest BCUT2D eigenvalue weighted by Gasteiger charge is 2.18. The molecule has 0 N–H and O–H groups in total. The first-order valence-electron chi connectivity index (χ1n) is 8.31. The van der Waals surface area contributed by atoms with Gasteiger partial charge in [-0.25, -0.2) is 13.0 Å². The van der Waals surface area contributed by atoms with Gasteiger partial charge in [0, 0.05) is 5.56 Å². The first kappa shape index (κ1) is 22.5. The van der Waals surface area contributed by atoms with Gasteiger partial charge in [0.15, 0.2) is 6.10 Å². The molecule has 146 valence electrons. The van der Waals surface area contributed by atoms with Crippen molar-refractivity contribution in [3.8, 4) is 0 Å². The van der Waals surface area contributed by atoms with Crippen molar-refractivity contribution >= 4 is 21.8 Å². The Balaban J connectivity index is 0.000000289. The SMILES string of the molecule is CC(OC(C)C(=O)c1ccccc1)=[N+](C)C.Cc1ccc(S(=O)(=O)[O-])cc1. The summed E-state index contributed by atoms with van der Waals surface area (Å²) in [6.07, 6.45) is -0.454. The zero-order chi connectivity index (χ0) is 20.6. The topological polar surface area (TPSA) is 86.5 Å². The molecule has 0 saturated heterocycles. The molecule has 1 unspecified atom stereocenters. The minimum Gasteiger partial charge on any atom is -0.744 e. The molecule has 0 spiro atoms. The number of benzene rings is 2. The summed E-state index contributed by atoms with van der Waals surface area (Å²) >= 11 is 0. The average molecular weight is 391 g/mol. The summed E-state index contributed by atoms with van der Waals surface area (Å²) in [6.45, 7) is 5.43. The molecule has 0 aromatic heterocycles. The fourth-order valence-corrected chi connectivity index (χ4v) is 2.43. The van der Waals surface area contributed by atoms with Crippen molar-refractivity contribution < 1.29 is 27.1 Å². The van der Waals surface area contributed by atoms with Crippen LogP contribution < -0.4 is 0 Å². The second kappa shape index (κ2) is 9.99. The Morgan fingerprint density at radius 1 is 1.04 bits per heavy atom. The van der Waals surface area contributed by atoms with Crippen LogP contribution in [0.25, 0.3) is 0 Å². The number of nitrogens with zero attached hydrogens (tertiary/aromatic N) is 1. The highest BCUT2D eigenvalue weighted by Crippen LogP contribution is 2.08. The van der Waals surface area contributed by atoms with Gasteiger partial charge in [0.1, 0.15) is 24.2 Å². The molecule has 1 atom stereocenters. The number of hydrogen-bond acceptors (Lipinski definition) is 5. The molecule has 2 aromatic carbocycles. The third-order valence-electron chi connectivity index (χ3n) is 3.71. The predicted molar refractivity (Wildman–Crippen MR) is 103 cm³/mol. The van der Waals surface area contributed by atoms with Gasteiger partial charge >= 0.3 is 5.90 Å². The van der Waals surface area contributed by atoms with Crippen LogP contribution in [0, 0.1) is 6.92 Å².